The van der Waals surface area contributed by atoms with Gasteiger partial charge in [-0.1, -0.05) is 31.2 Å². The average Bonchev–Trinajstić information content (AvgIpc) is 3.03. The molecule has 0 radical (unpaired) electrons. The Hall–Kier alpha value is -2.24. The zero-order valence-corrected chi connectivity index (χ0v) is 14.9. The van der Waals surface area contributed by atoms with Crippen LogP contribution in [-0.4, -0.2) is 39.7 Å². The number of aromatic amines is 1. The van der Waals surface area contributed by atoms with Gasteiger partial charge in [0.1, 0.15) is 0 Å². The number of hydrogen-bond donors (Lipinski definition) is 2. The monoisotopic (exact) mass is 335 g/mol. The number of H-pyrrole nitrogens is 1. The normalized spacial score (nSPS) is 18.7. The second-order valence-electron chi connectivity index (χ2n) is 6.85. The first-order valence-corrected chi connectivity index (χ1v) is 9.08. The van der Waals surface area contributed by atoms with Crippen molar-refractivity contribution < 1.29 is 0 Å². The molecular weight excluding hydrogens is 310 g/mol. The predicted octanol–water partition coefficient (Wildman–Crippen LogP) is 2.98. The van der Waals surface area contributed by atoms with Crippen LogP contribution in [0.15, 0.2) is 36.5 Å². The smallest absolute Gasteiger partial charge is 0.181 e. The summed E-state index contributed by atoms with van der Waals surface area (Å²) < 4.78 is 0. The van der Waals surface area contributed by atoms with E-state index in [9.17, 15) is 0 Å². The lowest BCUT2D eigenvalue weighted by molar-refractivity contribution is 0.153. The Morgan fingerprint density at radius 3 is 2.84 bits per heavy atom. The highest BCUT2D eigenvalue weighted by molar-refractivity contribution is 5.77. The summed E-state index contributed by atoms with van der Waals surface area (Å²) >= 11 is 0. The zero-order valence-electron chi connectivity index (χ0n) is 14.9. The van der Waals surface area contributed by atoms with E-state index in [2.05, 4.69) is 62.7 Å². The highest BCUT2D eigenvalue weighted by atomic mass is 15.2. The average molecular weight is 335 g/mol. The van der Waals surface area contributed by atoms with Gasteiger partial charge in [-0.05, 0) is 36.1 Å². The zero-order chi connectivity index (χ0) is 17.2. The molecule has 1 aliphatic heterocycles. The molecule has 2 aromatic heterocycles. The number of fused-ring (bicyclic) bond motifs is 1. The van der Waals surface area contributed by atoms with Crippen molar-refractivity contribution in [2.75, 3.05) is 19.6 Å². The van der Waals surface area contributed by atoms with Gasteiger partial charge >= 0.3 is 0 Å². The summed E-state index contributed by atoms with van der Waals surface area (Å²) in [5.74, 6) is 0. The molecule has 0 spiro atoms. The molecule has 0 saturated carbocycles. The summed E-state index contributed by atoms with van der Waals surface area (Å²) in [5.41, 5.74) is 5.90. The Morgan fingerprint density at radius 1 is 1.20 bits per heavy atom. The molecule has 130 valence electrons. The summed E-state index contributed by atoms with van der Waals surface area (Å²) in [6.07, 6.45) is 3.05. The molecule has 1 unspecified atom stereocenters. The fourth-order valence-corrected chi connectivity index (χ4v) is 3.62. The third-order valence-electron chi connectivity index (χ3n) is 5.17. The number of hydrogen-bond acceptors (Lipinski definition) is 4. The molecule has 2 N–H and O–H groups in total. The molecule has 4 rings (SSSR count). The van der Waals surface area contributed by atoms with E-state index in [0.717, 1.165) is 49.3 Å². The Kier molecular flexibility index (Phi) is 4.51. The lowest BCUT2D eigenvalue weighted by Gasteiger charge is -2.36. The van der Waals surface area contributed by atoms with Crippen LogP contribution in [0, 0.1) is 6.92 Å². The minimum atomic E-state index is 0.404. The SMILES string of the molecule is CCc1ccc(C2CNCCN2Cc2cnc3n[nH]c(C)c3c2)cc1. The van der Waals surface area contributed by atoms with Crippen LogP contribution in [-0.2, 0) is 13.0 Å². The van der Waals surface area contributed by atoms with Crippen molar-refractivity contribution in [2.24, 2.45) is 0 Å². The molecule has 3 aromatic rings. The first-order chi connectivity index (χ1) is 12.2. The van der Waals surface area contributed by atoms with Gasteiger partial charge in [0.25, 0.3) is 0 Å². The topological polar surface area (TPSA) is 56.8 Å². The van der Waals surface area contributed by atoms with Crippen LogP contribution in [0.4, 0.5) is 0 Å². The van der Waals surface area contributed by atoms with Crippen molar-refractivity contribution in [3.63, 3.8) is 0 Å². The maximum atomic E-state index is 4.50. The molecule has 5 nitrogen and oxygen atoms in total. The van der Waals surface area contributed by atoms with Crippen molar-refractivity contribution in [1.82, 2.24) is 25.4 Å². The first-order valence-electron chi connectivity index (χ1n) is 9.08. The van der Waals surface area contributed by atoms with Gasteiger partial charge in [0.05, 0.1) is 0 Å². The maximum absolute atomic E-state index is 4.50. The third kappa shape index (κ3) is 3.30. The lowest BCUT2D eigenvalue weighted by Crippen LogP contribution is -2.45. The molecule has 1 aliphatic rings. The second kappa shape index (κ2) is 6.94. The largest absolute Gasteiger partial charge is 0.314 e. The Balaban J connectivity index is 1.58. The van der Waals surface area contributed by atoms with Crippen LogP contribution in [0.1, 0.15) is 35.3 Å². The van der Waals surface area contributed by atoms with Gasteiger partial charge in [-0.2, -0.15) is 5.10 Å². The van der Waals surface area contributed by atoms with Gasteiger partial charge < -0.3 is 5.32 Å². The molecule has 1 saturated heterocycles. The van der Waals surface area contributed by atoms with Crippen molar-refractivity contribution in [3.05, 3.63) is 58.9 Å². The van der Waals surface area contributed by atoms with E-state index in [1.807, 2.05) is 13.1 Å². The summed E-state index contributed by atoms with van der Waals surface area (Å²) in [7, 11) is 0. The van der Waals surface area contributed by atoms with Crippen molar-refractivity contribution in [3.8, 4) is 0 Å². The number of nitrogens with one attached hydrogen (secondary N) is 2. The number of nitrogens with zero attached hydrogens (tertiary/aromatic N) is 3. The number of aromatic nitrogens is 3. The van der Waals surface area contributed by atoms with E-state index in [-0.39, 0.29) is 0 Å². The second-order valence-corrected chi connectivity index (χ2v) is 6.85. The van der Waals surface area contributed by atoms with E-state index in [1.54, 1.807) is 0 Å². The molecule has 5 heteroatoms. The molecule has 3 heterocycles. The number of piperazine rings is 1. The quantitative estimate of drug-likeness (QED) is 0.770. The predicted molar refractivity (Wildman–Crippen MR) is 100 cm³/mol. The summed E-state index contributed by atoms with van der Waals surface area (Å²) in [6.45, 7) is 8.22. The highest BCUT2D eigenvalue weighted by Gasteiger charge is 2.24. The Labute approximate surface area is 148 Å². The molecule has 1 aromatic carbocycles. The van der Waals surface area contributed by atoms with Gasteiger partial charge in [0, 0.05) is 49.5 Å². The van der Waals surface area contributed by atoms with Crippen LogP contribution in [0.3, 0.4) is 0 Å². The Morgan fingerprint density at radius 2 is 2.04 bits per heavy atom. The van der Waals surface area contributed by atoms with E-state index in [4.69, 9.17) is 0 Å². The molecule has 0 bridgehead atoms. The van der Waals surface area contributed by atoms with Gasteiger partial charge in [-0.25, -0.2) is 4.98 Å². The third-order valence-corrected chi connectivity index (χ3v) is 5.17. The lowest BCUT2D eigenvalue weighted by atomic mass is 10.0. The molecule has 25 heavy (non-hydrogen) atoms. The molecular formula is C20H25N5. The first kappa shape index (κ1) is 16.2. The summed E-state index contributed by atoms with van der Waals surface area (Å²) in [4.78, 5) is 7.05. The van der Waals surface area contributed by atoms with Crippen LogP contribution in [0.5, 0.6) is 0 Å². The van der Waals surface area contributed by atoms with Crippen LogP contribution in [0.25, 0.3) is 11.0 Å². The fourth-order valence-electron chi connectivity index (χ4n) is 3.62. The van der Waals surface area contributed by atoms with Gasteiger partial charge in [-0.15, -0.1) is 0 Å². The van der Waals surface area contributed by atoms with E-state index in [1.165, 1.54) is 16.7 Å². The number of aryl methyl sites for hydroxylation is 2. The van der Waals surface area contributed by atoms with E-state index >= 15 is 0 Å². The van der Waals surface area contributed by atoms with Crippen LogP contribution >= 0.6 is 0 Å². The highest BCUT2D eigenvalue weighted by Crippen LogP contribution is 2.25. The van der Waals surface area contributed by atoms with Crippen molar-refractivity contribution in [1.29, 1.82) is 0 Å². The molecule has 1 fully saturated rings. The molecule has 1 atom stereocenters. The molecule has 0 aliphatic carbocycles. The maximum Gasteiger partial charge on any atom is 0.181 e. The minimum absolute atomic E-state index is 0.404. The van der Waals surface area contributed by atoms with E-state index < -0.39 is 0 Å². The fraction of sp³-hybridized carbons (Fsp3) is 0.400. The number of benzene rings is 1. The molecule has 0 amide bonds. The van der Waals surface area contributed by atoms with Gasteiger partial charge in [0.2, 0.25) is 0 Å². The number of rotatable bonds is 4. The number of pyridine rings is 1. The summed E-state index contributed by atoms with van der Waals surface area (Å²) in [6, 6.07) is 11.7. The van der Waals surface area contributed by atoms with Crippen LogP contribution in [0.2, 0.25) is 0 Å². The Bertz CT molecular complexity index is 852. The van der Waals surface area contributed by atoms with Crippen LogP contribution < -0.4 is 5.32 Å². The summed E-state index contributed by atoms with van der Waals surface area (Å²) in [5, 5.41) is 11.9. The van der Waals surface area contributed by atoms with Crippen molar-refractivity contribution >= 4 is 11.0 Å². The van der Waals surface area contributed by atoms with Crippen molar-refractivity contribution in [2.45, 2.75) is 32.9 Å². The standard InChI is InChI=1S/C20H25N5/c1-3-15-4-6-17(7-5-15)19-12-21-8-9-25(19)13-16-10-18-14(2)23-24-20(18)22-11-16/h4-7,10-11,19,21H,3,8-9,12-13H2,1-2H3,(H,22,23,24). The minimum Gasteiger partial charge on any atom is -0.314 e. The van der Waals surface area contributed by atoms with Gasteiger partial charge in [0.15, 0.2) is 5.65 Å². The van der Waals surface area contributed by atoms with Gasteiger partial charge in [-0.3, -0.25) is 10.00 Å². The van der Waals surface area contributed by atoms with E-state index in [0.29, 0.717) is 6.04 Å².